The van der Waals surface area contributed by atoms with Crippen molar-refractivity contribution in [2.24, 2.45) is 4.99 Å². The highest BCUT2D eigenvalue weighted by Gasteiger charge is 2.08. The fourth-order valence-corrected chi connectivity index (χ4v) is 1.96. The molecule has 0 fully saturated rings. The monoisotopic (exact) mass is 318 g/mol. The summed E-state index contributed by atoms with van der Waals surface area (Å²) in [5.41, 5.74) is 1.42. The molecule has 0 saturated heterocycles. The maximum atomic E-state index is 11.3. The van der Waals surface area contributed by atoms with Gasteiger partial charge in [0.2, 0.25) is 0 Å². The number of non-ortho nitro benzene ring substituents is 1. The molecule has 0 N–H and O–H groups in total. The van der Waals surface area contributed by atoms with Crippen LogP contribution >= 0.6 is 11.6 Å². The van der Waals surface area contributed by atoms with E-state index >= 15 is 0 Å². The molecule has 0 heterocycles. The van der Waals surface area contributed by atoms with Crippen molar-refractivity contribution >= 4 is 35.2 Å². The Morgan fingerprint density at radius 2 is 1.95 bits per heavy atom. The van der Waals surface area contributed by atoms with Gasteiger partial charge >= 0.3 is 5.97 Å². The van der Waals surface area contributed by atoms with Crippen LogP contribution in [0.25, 0.3) is 0 Å². The number of nitro groups is 1. The highest BCUT2D eigenvalue weighted by Crippen LogP contribution is 2.21. The molecular formula is C15H11ClN2O4. The van der Waals surface area contributed by atoms with Gasteiger partial charge in [0.25, 0.3) is 5.69 Å². The molecule has 2 aromatic carbocycles. The number of ether oxygens (including phenoxy) is 1. The number of benzene rings is 2. The van der Waals surface area contributed by atoms with Gasteiger partial charge in [0, 0.05) is 28.9 Å². The van der Waals surface area contributed by atoms with Crippen molar-refractivity contribution in [2.45, 2.75) is 0 Å². The number of nitrogens with zero attached hydrogens (tertiary/aromatic N) is 2. The van der Waals surface area contributed by atoms with Gasteiger partial charge in [-0.15, -0.1) is 0 Å². The van der Waals surface area contributed by atoms with Crippen molar-refractivity contribution in [3.8, 4) is 0 Å². The van der Waals surface area contributed by atoms with Gasteiger partial charge in [-0.1, -0.05) is 11.6 Å². The molecule has 0 atom stereocenters. The van der Waals surface area contributed by atoms with E-state index in [-0.39, 0.29) is 10.7 Å². The fraction of sp³-hybridized carbons (Fsp3) is 0.0667. The minimum absolute atomic E-state index is 0.102. The Morgan fingerprint density at radius 1 is 1.27 bits per heavy atom. The topological polar surface area (TPSA) is 81.8 Å². The number of nitro benzene ring substituents is 1. The van der Waals surface area contributed by atoms with E-state index in [1.54, 1.807) is 30.3 Å². The second-order valence-electron chi connectivity index (χ2n) is 4.30. The van der Waals surface area contributed by atoms with Crippen LogP contribution in [0.3, 0.4) is 0 Å². The average molecular weight is 319 g/mol. The number of rotatable bonds is 4. The third kappa shape index (κ3) is 3.89. The first-order chi connectivity index (χ1) is 10.5. The highest BCUT2D eigenvalue weighted by atomic mass is 35.5. The molecule has 2 aromatic rings. The number of halogens is 1. The first-order valence-corrected chi connectivity index (χ1v) is 6.55. The maximum Gasteiger partial charge on any atom is 0.337 e. The van der Waals surface area contributed by atoms with E-state index < -0.39 is 10.9 Å². The normalized spacial score (nSPS) is 10.6. The zero-order valence-corrected chi connectivity index (χ0v) is 12.3. The summed E-state index contributed by atoms with van der Waals surface area (Å²) >= 11 is 5.83. The molecular weight excluding hydrogens is 308 g/mol. The molecule has 0 unspecified atom stereocenters. The summed E-state index contributed by atoms with van der Waals surface area (Å²) in [4.78, 5) is 25.7. The van der Waals surface area contributed by atoms with Crippen LogP contribution in [0.2, 0.25) is 5.02 Å². The van der Waals surface area contributed by atoms with Crippen LogP contribution in [0.4, 0.5) is 11.4 Å². The predicted octanol–water partition coefficient (Wildman–Crippen LogP) is 3.79. The Kier molecular flexibility index (Phi) is 4.85. The van der Waals surface area contributed by atoms with Gasteiger partial charge in [-0.25, -0.2) is 4.79 Å². The largest absolute Gasteiger partial charge is 0.465 e. The SMILES string of the molecule is COC(=O)c1ccc(N=Cc2cc(Cl)cc([N+](=O)[O-])c2)cc1. The van der Waals surface area contributed by atoms with Gasteiger partial charge in [0.1, 0.15) is 0 Å². The van der Waals surface area contributed by atoms with Crippen molar-refractivity contribution in [1.82, 2.24) is 0 Å². The predicted molar refractivity (Wildman–Crippen MR) is 83.1 cm³/mol. The van der Waals surface area contributed by atoms with Crippen LogP contribution in [0.5, 0.6) is 0 Å². The summed E-state index contributed by atoms with van der Waals surface area (Å²) in [5, 5.41) is 11.0. The minimum atomic E-state index is -0.519. The van der Waals surface area contributed by atoms with Crippen molar-refractivity contribution in [3.05, 3.63) is 68.7 Å². The molecule has 22 heavy (non-hydrogen) atoms. The zero-order chi connectivity index (χ0) is 16.1. The molecule has 112 valence electrons. The minimum Gasteiger partial charge on any atom is -0.465 e. The standard InChI is InChI=1S/C15H11ClN2O4/c1-22-15(19)11-2-4-13(5-3-11)17-9-10-6-12(16)8-14(7-10)18(20)21/h2-9H,1H3. The van der Waals surface area contributed by atoms with Crippen molar-refractivity contribution in [1.29, 1.82) is 0 Å². The van der Waals surface area contributed by atoms with E-state index in [1.165, 1.54) is 25.5 Å². The van der Waals surface area contributed by atoms with Gasteiger partial charge in [0.05, 0.1) is 23.3 Å². The summed E-state index contributed by atoms with van der Waals surface area (Å²) in [5.74, 6) is -0.430. The molecule has 7 heteroatoms. The van der Waals surface area contributed by atoms with E-state index in [2.05, 4.69) is 9.73 Å². The zero-order valence-electron chi connectivity index (χ0n) is 11.5. The summed E-state index contributed by atoms with van der Waals surface area (Å²) < 4.78 is 4.60. The lowest BCUT2D eigenvalue weighted by Gasteiger charge is -1.99. The first kappa shape index (κ1) is 15.7. The molecule has 0 amide bonds. The van der Waals surface area contributed by atoms with E-state index in [1.807, 2.05) is 0 Å². The van der Waals surface area contributed by atoms with Crippen molar-refractivity contribution in [2.75, 3.05) is 7.11 Å². The van der Waals surface area contributed by atoms with Gasteiger partial charge in [-0.3, -0.25) is 15.1 Å². The van der Waals surface area contributed by atoms with Gasteiger partial charge in [-0.05, 0) is 30.3 Å². The second-order valence-corrected chi connectivity index (χ2v) is 4.73. The molecule has 2 rings (SSSR count). The van der Waals surface area contributed by atoms with Crippen LogP contribution in [0.1, 0.15) is 15.9 Å². The van der Waals surface area contributed by atoms with Crippen LogP contribution < -0.4 is 0 Å². The van der Waals surface area contributed by atoms with Crippen LogP contribution in [0, 0.1) is 10.1 Å². The summed E-state index contributed by atoms with van der Waals surface area (Å²) in [6.07, 6.45) is 1.46. The number of carbonyl (C=O) groups is 1. The fourth-order valence-electron chi connectivity index (χ4n) is 1.73. The summed E-state index contributed by atoms with van der Waals surface area (Å²) in [6.45, 7) is 0. The number of hydrogen-bond donors (Lipinski definition) is 0. The smallest absolute Gasteiger partial charge is 0.337 e. The van der Waals surface area contributed by atoms with Crippen molar-refractivity contribution < 1.29 is 14.5 Å². The molecule has 0 aliphatic rings. The van der Waals surface area contributed by atoms with E-state index in [9.17, 15) is 14.9 Å². The Balaban J connectivity index is 2.21. The lowest BCUT2D eigenvalue weighted by molar-refractivity contribution is -0.384. The number of carbonyl (C=O) groups excluding carboxylic acids is 1. The molecule has 0 spiro atoms. The summed E-state index contributed by atoms with van der Waals surface area (Å²) in [6, 6.07) is 10.7. The van der Waals surface area contributed by atoms with Crippen LogP contribution in [0.15, 0.2) is 47.5 Å². The molecule has 0 aliphatic carbocycles. The lowest BCUT2D eigenvalue weighted by Crippen LogP contribution is -1.99. The quantitative estimate of drug-likeness (QED) is 0.372. The highest BCUT2D eigenvalue weighted by molar-refractivity contribution is 6.31. The van der Waals surface area contributed by atoms with E-state index in [0.717, 1.165) is 0 Å². The van der Waals surface area contributed by atoms with Gasteiger partial charge < -0.3 is 4.74 Å². The van der Waals surface area contributed by atoms with E-state index in [0.29, 0.717) is 16.8 Å². The molecule has 0 aromatic heterocycles. The summed E-state index contributed by atoms with van der Waals surface area (Å²) in [7, 11) is 1.31. The van der Waals surface area contributed by atoms with E-state index in [4.69, 9.17) is 11.6 Å². The van der Waals surface area contributed by atoms with Gasteiger partial charge in [-0.2, -0.15) is 0 Å². The Bertz CT molecular complexity index is 742. The molecule has 0 bridgehead atoms. The Labute approximate surface area is 131 Å². The number of esters is 1. The Hall–Kier alpha value is -2.73. The van der Waals surface area contributed by atoms with Crippen LogP contribution in [-0.2, 0) is 4.74 Å². The number of aliphatic imine (C=N–C) groups is 1. The van der Waals surface area contributed by atoms with Gasteiger partial charge in [0.15, 0.2) is 0 Å². The molecule has 0 saturated carbocycles. The maximum absolute atomic E-state index is 11.3. The molecule has 0 radical (unpaired) electrons. The van der Waals surface area contributed by atoms with Crippen LogP contribution in [-0.4, -0.2) is 24.2 Å². The average Bonchev–Trinajstić information content (AvgIpc) is 2.52. The lowest BCUT2D eigenvalue weighted by atomic mass is 10.2. The third-order valence-electron chi connectivity index (χ3n) is 2.77. The van der Waals surface area contributed by atoms with Crippen molar-refractivity contribution in [3.63, 3.8) is 0 Å². The number of hydrogen-bond acceptors (Lipinski definition) is 5. The second kappa shape index (κ2) is 6.82. The molecule has 0 aliphatic heterocycles. The third-order valence-corrected chi connectivity index (χ3v) is 2.99. The number of methoxy groups -OCH3 is 1. The first-order valence-electron chi connectivity index (χ1n) is 6.17. The Morgan fingerprint density at radius 3 is 2.55 bits per heavy atom. The molecule has 6 nitrogen and oxygen atoms in total.